The molecule has 0 saturated heterocycles. The predicted octanol–water partition coefficient (Wildman–Crippen LogP) is 17.7. The normalized spacial score (nSPS) is 13.0. The van der Waals surface area contributed by atoms with Crippen molar-refractivity contribution in [3.05, 3.63) is 47.5 Å². The Bertz CT molecular complexity index is 1000. The van der Waals surface area contributed by atoms with E-state index in [1.807, 2.05) is 0 Å². The van der Waals surface area contributed by atoms with Gasteiger partial charge in [0, 0.05) is 0 Å². The van der Waals surface area contributed by atoms with E-state index in [2.05, 4.69) is 64.1 Å². The van der Waals surface area contributed by atoms with Crippen LogP contribution < -0.4 is 0 Å². The highest BCUT2D eigenvalue weighted by Crippen LogP contribution is 2.33. The lowest BCUT2D eigenvalue weighted by molar-refractivity contribution is 0.390. The van der Waals surface area contributed by atoms with Gasteiger partial charge in [-0.25, -0.2) is 0 Å². The van der Waals surface area contributed by atoms with Crippen LogP contribution in [0, 0.1) is 11.8 Å². The molecule has 2 unspecified atom stereocenters. The first-order valence-electron chi connectivity index (χ1n) is 23.2. The van der Waals surface area contributed by atoms with Crippen LogP contribution in [0.15, 0.2) is 36.4 Å². The summed E-state index contributed by atoms with van der Waals surface area (Å²) in [7, 11) is 0. The van der Waals surface area contributed by atoms with Gasteiger partial charge in [-0.1, -0.05) is 270 Å². The quantitative estimate of drug-likeness (QED) is 0.0625. The fourth-order valence-electron chi connectivity index (χ4n) is 8.67. The Hall–Kier alpha value is -1.30. The van der Waals surface area contributed by atoms with Crippen LogP contribution in [-0.2, 0) is 12.8 Å². The maximum Gasteiger partial charge on any atom is -0.0149 e. The van der Waals surface area contributed by atoms with Crippen LogP contribution in [0.3, 0.4) is 0 Å². The number of unbranched alkanes of at least 4 members (excludes halogenated alkanes) is 24. The lowest BCUT2D eigenvalue weighted by Gasteiger charge is -2.24. The van der Waals surface area contributed by atoms with Gasteiger partial charge in [0.1, 0.15) is 0 Å². The van der Waals surface area contributed by atoms with Crippen molar-refractivity contribution < 1.29 is 0 Å². The molecule has 0 heteroatoms. The number of fused-ring (bicyclic) bond motifs is 1. The first-order valence-corrected chi connectivity index (χ1v) is 23.2. The molecule has 0 fully saturated rings. The van der Waals surface area contributed by atoms with Crippen molar-refractivity contribution in [3.8, 4) is 0 Å². The zero-order chi connectivity index (χ0) is 35.7. The summed E-state index contributed by atoms with van der Waals surface area (Å²) in [6.07, 6.45) is 48.4. The van der Waals surface area contributed by atoms with Gasteiger partial charge in [-0.05, 0) is 46.6 Å². The van der Waals surface area contributed by atoms with Crippen molar-refractivity contribution in [2.24, 2.45) is 11.8 Å². The van der Waals surface area contributed by atoms with E-state index in [0.29, 0.717) is 0 Å². The number of hydrogen-bond donors (Lipinski definition) is 0. The summed E-state index contributed by atoms with van der Waals surface area (Å²) in [5, 5.41) is 3.03. The lowest BCUT2D eigenvalue weighted by Crippen LogP contribution is -2.12. The number of benzene rings is 2. The van der Waals surface area contributed by atoms with Gasteiger partial charge >= 0.3 is 0 Å². The second-order valence-electron chi connectivity index (χ2n) is 16.7. The second kappa shape index (κ2) is 32.4. The molecule has 0 aromatic heterocycles. The zero-order valence-electron chi connectivity index (χ0n) is 34.7. The molecule has 0 heterocycles. The van der Waals surface area contributed by atoms with E-state index in [9.17, 15) is 0 Å². The Morgan fingerprint density at radius 3 is 1.08 bits per heavy atom. The first-order chi connectivity index (χ1) is 24.7. The van der Waals surface area contributed by atoms with Crippen LogP contribution in [0.5, 0.6) is 0 Å². The zero-order valence-corrected chi connectivity index (χ0v) is 34.7. The topological polar surface area (TPSA) is 0 Å². The molecule has 0 saturated carbocycles. The number of rotatable bonds is 36. The Balaban J connectivity index is 2.14. The van der Waals surface area contributed by atoms with Crippen LogP contribution in [-0.4, -0.2) is 0 Å². The van der Waals surface area contributed by atoms with Crippen molar-refractivity contribution in [2.45, 2.75) is 246 Å². The van der Waals surface area contributed by atoms with Crippen molar-refractivity contribution >= 4 is 10.8 Å². The Labute approximate surface area is 315 Å². The standard InChI is InChI=1S/C50H88/c1-5-9-13-17-21-23-27-30-36-45(35-29-25-19-15-11-7-3)43-48-42-41-47-39-33-34-40-49(47)50(48)44-46(37-31-26-20-16-12-8-4)38-32-28-24-22-18-14-10-6-2/h33-34,39-42,45-46H,5-32,35-38,43-44H2,1-4H3. The molecule has 2 aromatic carbocycles. The van der Waals surface area contributed by atoms with E-state index < -0.39 is 0 Å². The molecule has 0 spiro atoms. The Morgan fingerprint density at radius 2 is 0.680 bits per heavy atom. The molecule has 50 heavy (non-hydrogen) atoms. The number of hydrogen-bond acceptors (Lipinski definition) is 0. The van der Waals surface area contributed by atoms with E-state index in [-0.39, 0.29) is 0 Å². The van der Waals surface area contributed by atoms with E-state index >= 15 is 0 Å². The molecular weight excluding hydrogens is 601 g/mol. The van der Waals surface area contributed by atoms with Gasteiger partial charge in [-0.2, -0.15) is 0 Å². The van der Waals surface area contributed by atoms with Gasteiger partial charge in [-0.3, -0.25) is 0 Å². The van der Waals surface area contributed by atoms with Gasteiger partial charge in [0.2, 0.25) is 0 Å². The Morgan fingerprint density at radius 1 is 0.340 bits per heavy atom. The van der Waals surface area contributed by atoms with Crippen LogP contribution in [0.25, 0.3) is 10.8 Å². The minimum Gasteiger partial charge on any atom is -0.0654 e. The molecule has 2 atom stereocenters. The van der Waals surface area contributed by atoms with Crippen molar-refractivity contribution in [1.82, 2.24) is 0 Å². The van der Waals surface area contributed by atoms with Gasteiger partial charge in [0.15, 0.2) is 0 Å². The average Bonchev–Trinajstić information content (AvgIpc) is 3.13. The van der Waals surface area contributed by atoms with Crippen LogP contribution in [0.1, 0.15) is 244 Å². The molecule has 0 nitrogen and oxygen atoms in total. The van der Waals surface area contributed by atoms with Crippen molar-refractivity contribution in [3.63, 3.8) is 0 Å². The third kappa shape index (κ3) is 21.9. The maximum absolute atomic E-state index is 2.58. The minimum atomic E-state index is 0.843. The summed E-state index contributed by atoms with van der Waals surface area (Å²) < 4.78 is 0. The second-order valence-corrected chi connectivity index (χ2v) is 16.7. The van der Waals surface area contributed by atoms with Crippen molar-refractivity contribution in [2.75, 3.05) is 0 Å². The van der Waals surface area contributed by atoms with E-state index in [1.54, 1.807) is 16.5 Å². The molecule has 2 aromatic rings. The first kappa shape index (κ1) is 44.9. The Kier molecular flexibility index (Phi) is 29.0. The van der Waals surface area contributed by atoms with Gasteiger partial charge < -0.3 is 0 Å². The molecule has 0 radical (unpaired) electrons. The summed E-state index contributed by atoms with van der Waals surface area (Å²) in [4.78, 5) is 0. The molecule has 0 aliphatic rings. The lowest BCUT2D eigenvalue weighted by atomic mass is 9.81. The van der Waals surface area contributed by atoms with Crippen LogP contribution >= 0.6 is 0 Å². The monoisotopic (exact) mass is 689 g/mol. The summed E-state index contributed by atoms with van der Waals surface area (Å²) in [5.41, 5.74) is 3.45. The van der Waals surface area contributed by atoms with E-state index in [4.69, 9.17) is 0 Å². The van der Waals surface area contributed by atoms with Gasteiger partial charge in [-0.15, -0.1) is 0 Å². The van der Waals surface area contributed by atoms with Crippen LogP contribution in [0.2, 0.25) is 0 Å². The highest BCUT2D eigenvalue weighted by molar-refractivity contribution is 5.86. The van der Waals surface area contributed by atoms with Gasteiger partial charge in [0.25, 0.3) is 0 Å². The molecule has 2 rings (SSSR count). The molecular formula is C50H88. The third-order valence-electron chi connectivity index (χ3n) is 12.0. The summed E-state index contributed by atoms with van der Waals surface area (Å²) in [5.74, 6) is 1.70. The highest BCUT2D eigenvalue weighted by atomic mass is 14.2. The molecule has 288 valence electrons. The maximum atomic E-state index is 2.58. The van der Waals surface area contributed by atoms with Gasteiger partial charge in [0.05, 0.1) is 0 Å². The summed E-state index contributed by atoms with van der Waals surface area (Å²) in [6.45, 7) is 9.35. The average molecular weight is 689 g/mol. The molecule has 0 amide bonds. The highest BCUT2D eigenvalue weighted by Gasteiger charge is 2.18. The summed E-state index contributed by atoms with van der Waals surface area (Å²) >= 11 is 0. The fourth-order valence-corrected chi connectivity index (χ4v) is 8.67. The SMILES string of the molecule is CCCCCCCCCCC(CCCCCCCC)Cc1ccc2ccccc2c1CC(CCCCCCCC)CCCCCCCCCC. The third-order valence-corrected chi connectivity index (χ3v) is 12.0. The van der Waals surface area contributed by atoms with E-state index in [0.717, 1.165) is 11.8 Å². The minimum absolute atomic E-state index is 0.843. The smallest absolute Gasteiger partial charge is 0.0149 e. The molecule has 0 aliphatic heterocycles. The van der Waals surface area contributed by atoms with Crippen molar-refractivity contribution in [1.29, 1.82) is 0 Å². The van der Waals surface area contributed by atoms with Crippen LogP contribution in [0.4, 0.5) is 0 Å². The molecule has 0 aliphatic carbocycles. The molecule has 0 bridgehead atoms. The predicted molar refractivity (Wildman–Crippen MR) is 229 cm³/mol. The molecule has 0 N–H and O–H groups in total. The largest absolute Gasteiger partial charge is 0.0654 e. The summed E-state index contributed by atoms with van der Waals surface area (Å²) in [6, 6.07) is 14.5. The fraction of sp³-hybridized carbons (Fsp3) is 0.800. The van der Waals surface area contributed by atoms with E-state index in [1.165, 1.54) is 224 Å².